The Labute approximate surface area is 148 Å². The Morgan fingerprint density at radius 2 is 1.83 bits per heavy atom. The van der Waals surface area contributed by atoms with Crippen molar-refractivity contribution in [3.63, 3.8) is 0 Å². The molecule has 1 aliphatic rings. The first kappa shape index (κ1) is 18.2. The van der Waals surface area contributed by atoms with Gasteiger partial charge in [-0.05, 0) is 58.2 Å². The Bertz CT molecular complexity index is 538. The summed E-state index contributed by atoms with van der Waals surface area (Å²) in [4.78, 5) is 14.0. The maximum absolute atomic E-state index is 12.2. The summed E-state index contributed by atoms with van der Waals surface area (Å²) >= 11 is 12.1. The van der Waals surface area contributed by atoms with Gasteiger partial charge in [-0.1, -0.05) is 23.2 Å². The maximum atomic E-state index is 12.2. The van der Waals surface area contributed by atoms with Gasteiger partial charge in [-0.2, -0.15) is 0 Å². The Kier molecular flexibility index (Phi) is 6.04. The molecule has 1 aromatic rings. The molecule has 0 aliphatic carbocycles. The van der Waals surface area contributed by atoms with Gasteiger partial charge < -0.3 is 15.0 Å². The van der Waals surface area contributed by atoms with E-state index >= 15 is 0 Å². The van der Waals surface area contributed by atoms with Crippen LogP contribution >= 0.6 is 23.2 Å². The van der Waals surface area contributed by atoms with Gasteiger partial charge in [-0.15, -0.1) is 0 Å². The van der Waals surface area contributed by atoms with Crippen molar-refractivity contribution in [2.24, 2.45) is 0 Å². The zero-order chi connectivity index (χ0) is 17.0. The fourth-order valence-corrected chi connectivity index (χ4v) is 3.15. The van der Waals surface area contributed by atoms with Crippen molar-refractivity contribution in [2.45, 2.75) is 51.7 Å². The molecule has 1 unspecified atom stereocenters. The predicted octanol–water partition coefficient (Wildman–Crippen LogP) is 5.19. The number of hydrogen-bond donors (Lipinski definition) is 1. The standard InChI is InChI=1S/C17H24Cl2N2O2/c1-17(2,3)23-16(22)21-7-4-5-14(6-8-21)20-15-10-12(18)9-13(19)11-15/h9-11,14,20H,4-8H2,1-3H3. The Morgan fingerprint density at radius 1 is 1.17 bits per heavy atom. The summed E-state index contributed by atoms with van der Waals surface area (Å²) in [5.74, 6) is 0. The van der Waals surface area contributed by atoms with E-state index in [1.807, 2.05) is 32.9 Å². The minimum Gasteiger partial charge on any atom is -0.444 e. The number of ether oxygens (including phenoxy) is 1. The van der Waals surface area contributed by atoms with Gasteiger partial charge in [0.1, 0.15) is 5.60 Å². The molecule has 0 aromatic heterocycles. The number of likely N-dealkylation sites (tertiary alicyclic amines) is 1. The van der Waals surface area contributed by atoms with Crippen LogP contribution in [0.4, 0.5) is 10.5 Å². The van der Waals surface area contributed by atoms with E-state index in [1.54, 1.807) is 11.0 Å². The molecule has 128 valence electrons. The van der Waals surface area contributed by atoms with Gasteiger partial charge in [0.2, 0.25) is 0 Å². The number of nitrogens with zero attached hydrogens (tertiary/aromatic N) is 1. The van der Waals surface area contributed by atoms with Crippen molar-refractivity contribution >= 4 is 35.0 Å². The van der Waals surface area contributed by atoms with Crippen LogP contribution in [-0.4, -0.2) is 35.7 Å². The van der Waals surface area contributed by atoms with E-state index in [2.05, 4.69) is 5.32 Å². The minimum atomic E-state index is -0.460. The summed E-state index contributed by atoms with van der Waals surface area (Å²) in [6.07, 6.45) is 2.56. The van der Waals surface area contributed by atoms with Crippen molar-refractivity contribution in [3.8, 4) is 0 Å². The Balaban J connectivity index is 1.92. The number of hydrogen-bond acceptors (Lipinski definition) is 3. The molecule has 1 aromatic carbocycles. The lowest BCUT2D eigenvalue weighted by Gasteiger charge is -2.26. The Hall–Kier alpha value is -1.13. The number of nitrogens with one attached hydrogen (secondary N) is 1. The van der Waals surface area contributed by atoms with Gasteiger partial charge in [0.25, 0.3) is 0 Å². The van der Waals surface area contributed by atoms with E-state index in [9.17, 15) is 4.79 Å². The van der Waals surface area contributed by atoms with Crippen molar-refractivity contribution in [1.29, 1.82) is 0 Å². The number of rotatable bonds is 2. The van der Waals surface area contributed by atoms with E-state index in [1.165, 1.54) is 0 Å². The van der Waals surface area contributed by atoms with Crippen LogP contribution < -0.4 is 5.32 Å². The number of carbonyl (C=O) groups excluding carboxylic acids is 1. The van der Waals surface area contributed by atoms with Crippen LogP contribution in [0.1, 0.15) is 40.0 Å². The molecule has 6 heteroatoms. The second-order valence-electron chi connectivity index (χ2n) is 6.90. The largest absolute Gasteiger partial charge is 0.444 e. The molecule has 1 heterocycles. The maximum Gasteiger partial charge on any atom is 0.410 e. The van der Waals surface area contributed by atoms with E-state index in [0.717, 1.165) is 31.5 Å². The first-order valence-electron chi connectivity index (χ1n) is 7.93. The molecule has 2 rings (SSSR count). The van der Waals surface area contributed by atoms with Gasteiger partial charge in [0, 0.05) is 34.9 Å². The smallest absolute Gasteiger partial charge is 0.410 e. The summed E-state index contributed by atoms with van der Waals surface area (Å²) in [5, 5.41) is 4.69. The van der Waals surface area contributed by atoms with Gasteiger partial charge >= 0.3 is 6.09 Å². The molecule has 0 saturated carbocycles. The molecule has 0 radical (unpaired) electrons. The van der Waals surface area contributed by atoms with E-state index in [-0.39, 0.29) is 12.1 Å². The van der Waals surface area contributed by atoms with Gasteiger partial charge in [-0.25, -0.2) is 4.79 Å². The molecule has 0 spiro atoms. The molecule has 23 heavy (non-hydrogen) atoms. The van der Waals surface area contributed by atoms with Crippen LogP contribution in [-0.2, 0) is 4.74 Å². The van der Waals surface area contributed by atoms with E-state index in [0.29, 0.717) is 16.6 Å². The second-order valence-corrected chi connectivity index (χ2v) is 7.77. The molecule has 1 atom stereocenters. The van der Waals surface area contributed by atoms with Crippen LogP contribution in [0.15, 0.2) is 18.2 Å². The van der Waals surface area contributed by atoms with Crippen LogP contribution in [0.2, 0.25) is 10.0 Å². The van der Waals surface area contributed by atoms with E-state index in [4.69, 9.17) is 27.9 Å². The first-order chi connectivity index (χ1) is 10.7. The number of carbonyl (C=O) groups is 1. The van der Waals surface area contributed by atoms with Crippen molar-refractivity contribution in [3.05, 3.63) is 28.2 Å². The summed E-state index contributed by atoms with van der Waals surface area (Å²) in [5.41, 5.74) is 0.455. The van der Waals surface area contributed by atoms with Gasteiger partial charge in [0.15, 0.2) is 0 Å². The quantitative estimate of drug-likeness (QED) is 0.790. The highest BCUT2D eigenvalue weighted by molar-refractivity contribution is 6.35. The Morgan fingerprint density at radius 3 is 2.43 bits per heavy atom. The van der Waals surface area contributed by atoms with Gasteiger partial charge in [0.05, 0.1) is 0 Å². The van der Waals surface area contributed by atoms with Crippen molar-refractivity contribution < 1.29 is 9.53 Å². The number of amides is 1. The molecule has 1 N–H and O–H groups in total. The fraction of sp³-hybridized carbons (Fsp3) is 0.588. The monoisotopic (exact) mass is 358 g/mol. The lowest BCUT2D eigenvalue weighted by molar-refractivity contribution is 0.0256. The highest BCUT2D eigenvalue weighted by atomic mass is 35.5. The number of anilines is 1. The van der Waals surface area contributed by atoms with Crippen LogP contribution in [0.25, 0.3) is 0 Å². The molecule has 0 bridgehead atoms. The molecule has 1 aliphatic heterocycles. The molecule has 1 fully saturated rings. The lowest BCUT2D eigenvalue weighted by atomic mass is 10.1. The third-order valence-electron chi connectivity index (χ3n) is 3.61. The summed E-state index contributed by atoms with van der Waals surface area (Å²) in [7, 11) is 0. The highest BCUT2D eigenvalue weighted by Gasteiger charge is 2.25. The first-order valence-corrected chi connectivity index (χ1v) is 8.69. The zero-order valence-electron chi connectivity index (χ0n) is 13.9. The average Bonchev–Trinajstić information content (AvgIpc) is 2.61. The zero-order valence-corrected chi connectivity index (χ0v) is 15.4. The molecule has 1 saturated heterocycles. The summed E-state index contributed by atoms with van der Waals surface area (Å²) < 4.78 is 5.45. The number of halogens is 2. The molecule has 1 amide bonds. The average molecular weight is 359 g/mol. The third kappa shape index (κ3) is 6.11. The van der Waals surface area contributed by atoms with Crippen LogP contribution in [0, 0.1) is 0 Å². The lowest BCUT2D eigenvalue weighted by Crippen LogP contribution is -2.37. The normalized spacial score (nSPS) is 19.2. The predicted molar refractivity (Wildman–Crippen MR) is 95.5 cm³/mol. The highest BCUT2D eigenvalue weighted by Crippen LogP contribution is 2.25. The van der Waals surface area contributed by atoms with E-state index < -0.39 is 5.60 Å². The molecular weight excluding hydrogens is 335 g/mol. The summed E-state index contributed by atoms with van der Waals surface area (Å²) in [6.45, 7) is 7.06. The SMILES string of the molecule is CC(C)(C)OC(=O)N1CCCC(Nc2cc(Cl)cc(Cl)c2)CC1. The third-order valence-corrected chi connectivity index (χ3v) is 4.05. The molecule has 4 nitrogen and oxygen atoms in total. The topological polar surface area (TPSA) is 41.6 Å². The minimum absolute atomic E-state index is 0.232. The number of benzene rings is 1. The second kappa shape index (κ2) is 7.63. The van der Waals surface area contributed by atoms with Crippen molar-refractivity contribution in [1.82, 2.24) is 4.90 Å². The van der Waals surface area contributed by atoms with Crippen LogP contribution in [0.5, 0.6) is 0 Å². The van der Waals surface area contributed by atoms with Gasteiger partial charge in [-0.3, -0.25) is 0 Å². The van der Waals surface area contributed by atoms with Crippen molar-refractivity contribution in [2.75, 3.05) is 18.4 Å². The molecular formula is C17H24Cl2N2O2. The van der Waals surface area contributed by atoms with Crippen LogP contribution in [0.3, 0.4) is 0 Å². The fourth-order valence-electron chi connectivity index (χ4n) is 2.62. The summed E-state index contributed by atoms with van der Waals surface area (Å²) in [6, 6.07) is 5.73.